The number of anilines is 2. The maximum atomic E-state index is 13.1. The number of aliphatic carboxylic acids is 1. The molecule has 5 N–H and O–H groups in total. The van der Waals surface area contributed by atoms with Gasteiger partial charge in [0.15, 0.2) is 18.1 Å². The van der Waals surface area contributed by atoms with E-state index in [0.29, 0.717) is 52.2 Å². The summed E-state index contributed by atoms with van der Waals surface area (Å²) >= 11 is 6.18. The number of hydrogen-bond donors (Lipinski definition) is 4. The van der Waals surface area contributed by atoms with Crippen molar-refractivity contribution >= 4 is 34.9 Å². The first-order chi connectivity index (χ1) is 17.3. The van der Waals surface area contributed by atoms with Gasteiger partial charge in [-0.3, -0.25) is 4.79 Å². The van der Waals surface area contributed by atoms with Crippen LogP contribution >= 0.6 is 11.6 Å². The highest BCUT2D eigenvalue weighted by molar-refractivity contribution is 6.31. The summed E-state index contributed by atoms with van der Waals surface area (Å²) in [6.45, 7) is 4.64. The summed E-state index contributed by atoms with van der Waals surface area (Å²) in [5.41, 5.74) is 8.80. The number of amides is 1. The zero-order valence-electron chi connectivity index (χ0n) is 20.2. The smallest absolute Gasteiger partial charge is 0.341 e. The first-order valence-corrected chi connectivity index (χ1v) is 11.9. The van der Waals surface area contributed by atoms with Crippen LogP contribution in [0.1, 0.15) is 35.3 Å². The SMILES string of the molecule is CC(C)COc1cccc(CNc2ccc(Cl)cc2C(=O)Nc2ccc(CN)cc2)c1OCC(=O)O. The minimum Gasteiger partial charge on any atom is -0.489 e. The summed E-state index contributed by atoms with van der Waals surface area (Å²) in [7, 11) is 0. The molecule has 0 aromatic heterocycles. The number of halogens is 1. The van der Waals surface area contributed by atoms with E-state index in [0.717, 1.165) is 5.56 Å². The van der Waals surface area contributed by atoms with Crippen molar-refractivity contribution in [1.82, 2.24) is 0 Å². The summed E-state index contributed by atoms with van der Waals surface area (Å²) in [6, 6.07) is 17.6. The Morgan fingerprint density at radius 1 is 1.06 bits per heavy atom. The van der Waals surface area contributed by atoms with Gasteiger partial charge in [0, 0.05) is 35.1 Å². The Morgan fingerprint density at radius 3 is 2.47 bits per heavy atom. The van der Waals surface area contributed by atoms with Crippen LogP contribution in [0.3, 0.4) is 0 Å². The highest BCUT2D eigenvalue weighted by atomic mass is 35.5. The third kappa shape index (κ3) is 7.63. The van der Waals surface area contributed by atoms with Crippen LogP contribution < -0.4 is 25.8 Å². The molecule has 0 atom stereocenters. The molecule has 0 fully saturated rings. The van der Waals surface area contributed by atoms with Crippen LogP contribution in [0.15, 0.2) is 60.7 Å². The standard InChI is InChI=1S/C27H30ClN3O5/c1-17(2)15-35-24-5-3-4-19(26(24)36-16-25(32)33)14-30-23-11-8-20(28)12-22(23)27(34)31-21-9-6-18(13-29)7-10-21/h3-12,17,30H,13-16,29H2,1-2H3,(H,31,34)(H,32,33). The molecule has 1 amide bonds. The predicted molar refractivity (Wildman–Crippen MR) is 141 cm³/mol. The van der Waals surface area contributed by atoms with E-state index in [1.54, 1.807) is 48.5 Å². The minimum atomic E-state index is -1.09. The molecular formula is C27H30ClN3O5. The van der Waals surface area contributed by atoms with E-state index in [2.05, 4.69) is 10.6 Å². The predicted octanol–water partition coefficient (Wildman–Crippen LogP) is 5.16. The molecule has 0 radical (unpaired) electrons. The Kier molecular flexibility index (Phi) is 9.55. The Morgan fingerprint density at radius 2 is 1.81 bits per heavy atom. The summed E-state index contributed by atoms with van der Waals surface area (Å²) in [5, 5.41) is 15.6. The van der Waals surface area contributed by atoms with Gasteiger partial charge >= 0.3 is 5.97 Å². The summed E-state index contributed by atoms with van der Waals surface area (Å²) in [4.78, 5) is 24.2. The second-order valence-electron chi connectivity index (χ2n) is 8.53. The highest BCUT2D eigenvalue weighted by Crippen LogP contribution is 2.33. The first kappa shape index (κ1) is 26.8. The highest BCUT2D eigenvalue weighted by Gasteiger charge is 2.16. The monoisotopic (exact) mass is 511 g/mol. The molecule has 3 aromatic carbocycles. The molecular weight excluding hydrogens is 482 g/mol. The van der Waals surface area contributed by atoms with E-state index in [4.69, 9.17) is 31.9 Å². The third-order valence-electron chi connectivity index (χ3n) is 5.12. The zero-order chi connectivity index (χ0) is 26.1. The van der Waals surface area contributed by atoms with Crippen molar-refractivity contribution in [2.75, 3.05) is 23.8 Å². The van der Waals surface area contributed by atoms with Gasteiger partial charge < -0.3 is 30.9 Å². The summed E-state index contributed by atoms with van der Waals surface area (Å²) in [5.74, 6) is -0.353. The van der Waals surface area contributed by atoms with Crippen LogP contribution in [-0.2, 0) is 17.9 Å². The lowest BCUT2D eigenvalue weighted by atomic mass is 10.1. The average molecular weight is 512 g/mol. The summed E-state index contributed by atoms with van der Waals surface area (Å²) < 4.78 is 11.4. The van der Waals surface area contributed by atoms with Gasteiger partial charge in [-0.05, 0) is 47.9 Å². The number of nitrogens with one attached hydrogen (secondary N) is 2. The molecule has 0 saturated carbocycles. The number of benzene rings is 3. The largest absolute Gasteiger partial charge is 0.489 e. The quantitative estimate of drug-likeness (QED) is 0.265. The van der Waals surface area contributed by atoms with Crippen molar-refractivity contribution in [2.24, 2.45) is 11.7 Å². The van der Waals surface area contributed by atoms with Crippen LogP contribution in [0.2, 0.25) is 5.02 Å². The number of ether oxygens (including phenoxy) is 2. The van der Waals surface area contributed by atoms with Crippen LogP contribution in [0, 0.1) is 5.92 Å². The van der Waals surface area contributed by atoms with Crippen LogP contribution in [0.4, 0.5) is 11.4 Å². The second kappa shape index (κ2) is 12.8. The molecule has 9 heteroatoms. The third-order valence-corrected chi connectivity index (χ3v) is 5.35. The molecule has 0 unspecified atom stereocenters. The van der Waals surface area contributed by atoms with E-state index in [9.17, 15) is 9.59 Å². The molecule has 0 saturated heterocycles. The van der Waals surface area contributed by atoms with Gasteiger partial charge in [0.05, 0.1) is 12.2 Å². The fraction of sp³-hybridized carbons (Fsp3) is 0.259. The zero-order valence-corrected chi connectivity index (χ0v) is 21.0. The van der Waals surface area contributed by atoms with Gasteiger partial charge in [-0.2, -0.15) is 0 Å². The van der Waals surface area contributed by atoms with E-state index in [1.807, 2.05) is 26.0 Å². The molecule has 3 rings (SSSR count). The first-order valence-electron chi connectivity index (χ1n) is 11.5. The lowest BCUT2D eigenvalue weighted by Gasteiger charge is -2.18. The van der Waals surface area contributed by atoms with Gasteiger partial charge in [0.2, 0.25) is 0 Å². The number of rotatable bonds is 12. The van der Waals surface area contributed by atoms with Crippen LogP contribution in [0.25, 0.3) is 0 Å². The average Bonchev–Trinajstić information content (AvgIpc) is 2.86. The van der Waals surface area contributed by atoms with Crippen molar-refractivity contribution in [1.29, 1.82) is 0 Å². The van der Waals surface area contributed by atoms with Crippen LogP contribution in [-0.4, -0.2) is 30.2 Å². The summed E-state index contributed by atoms with van der Waals surface area (Å²) in [6.07, 6.45) is 0. The normalized spacial score (nSPS) is 10.7. The minimum absolute atomic E-state index is 0.251. The van der Waals surface area contributed by atoms with Gasteiger partial charge in [0.1, 0.15) is 0 Å². The molecule has 8 nitrogen and oxygen atoms in total. The van der Waals surface area contributed by atoms with E-state index >= 15 is 0 Å². The van der Waals surface area contributed by atoms with Crippen molar-refractivity contribution in [3.8, 4) is 11.5 Å². The molecule has 0 aliphatic rings. The Balaban J connectivity index is 1.82. The molecule has 0 spiro atoms. The number of carbonyl (C=O) groups is 2. The van der Waals surface area contributed by atoms with Crippen molar-refractivity contribution in [3.05, 3.63) is 82.4 Å². The topological polar surface area (TPSA) is 123 Å². The number of carboxylic acid groups (broad SMARTS) is 1. The van der Waals surface area contributed by atoms with Gasteiger partial charge in [-0.25, -0.2) is 4.79 Å². The molecule has 0 bridgehead atoms. The lowest BCUT2D eigenvalue weighted by Crippen LogP contribution is -2.16. The Labute approximate surface area is 215 Å². The number of para-hydroxylation sites is 1. The van der Waals surface area contributed by atoms with Gasteiger partial charge in [-0.15, -0.1) is 0 Å². The fourth-order valence-corrected chi connectivity index (χ4v) is 3.51. The maximum absolute atomic E-state index is 13.1. The van der Waals surface area contributed by atoms with Crippen molar-refractivity contribution in [3.63, 3.8) is 0 Å². The lowest BCUT2D eigenvalue weighted by molar-refractivity contribution is -0.139. The molecule has 0 aliphatic heterocycles. The van der Waals surface area contributed by atoms with Crippen molar-refractivity contribution in [2.45, 2.75) is 26.9 Å². The molecule has 190 valence electrons. The maximum Gasteiger partial charge on any atom is 0.341 e. The molecule has 36 heavy (non-hydrogen) atoms. The number of nitrogens with two attached hydrogens (primary N) is 1. The molecule has 0 heterocycles. The Hall–Kier alpha value is -3.75. The van der Waals surface area contributed by atoms with Crippen molar-refractivity contribution < 1.29 is 24.2 Å². The Bertz CT molecular complexity index is 1200. The molecule has 3 aromatic rings. The van der Waals surface area contributed by atoms with E-state index in [1.165, 1.54) is 0 Å². The van der Waals surface area contributed by atoms with E-state index < -0.39 is 12.6 Å². The number of carboxylic acids is 1. The number of hydrogen-bond acceptors (Lipinski definition) is 6. The number of carbonyl (C=O) groups excluding carboxylic acids is 1. The molecule has 0 aliphatic carbocycles. The van der Waals surface area contributed by atoms with Gasteiger partial charge in [0.25, 0.3) is 5.91 Å². The van der Waals surface area contributed by atoms with Crippen LogP contribution in [0.5, 0.6) is 11.5 Å². The second-order valence-corrected chi connectivity index (χ2v) is 8.97. The fourth-order valence-electron chi connectivity index (χ4n) is 3.34. The van der Waals surface area contributed by atoms with E-state index in [-0.39, 0.29) is 18.4 Å². The van der Waals surface area contributed by atoms with Gasteiger partial charge in [-0.1, -0.05) is 49.7 Å².